The molecule has 0 unspecified atom stereocenters. The summed E-state index contributed by atoms with van der Waals surface area (Å²) in [5.41, 5.74) is 5.31. The molecule has 0 bridgehead atoms. The molecule has 0 aliphatic heterocycles. The first-order chi connectivity index (χ1) is 9.97. The van der Waals surface area contributed by atoms with Crippen molar-refractivity contribution in [2.45, 2.75) is 31.6 Å². The maximum Gasteiger partial charge on any atom is 0.435 e. The van der Waals surface area contributed by atoms with Crippen LogP contribution in [0.2, 0.25) is 0 Å². The lowest BCUT2D eigenvalue weighted by Crippen LogP contribution is -2.07. The maximum atomic E-state index is 12.7. The molecule has 2 aromatic heterocycles. The van der Waals surface area contributed by atoms with E-state index in [2.05, 4.69) is 10.1 Å². The molecule has 0 atom stereocenters. The van der Waals surface area contributed by atoms with Crippen molar-refractivity contribution in [1.29, 1.82) is 0 Å². The highest BCUT2D eigenvalue weighted by Gasteiger charge is 2.38. The zero-order chi connectivity index (χ0) is 15.0. The van der Waals surface area contributed by atoms with Crippen molar-refractivity contribution in [2.24, 2.45) is 5.73 Å². The first kappa shape index (κ1) is 13.9. The van der Waals surface area contributed by atoms with Crippen molar-refractivity contribution < 1.29 is 17.9 Å². The molecule has 8 heteroatoms. The van der Waals surface area contributed by atoms with Crippen LogP contribution in [-0.4, -0.2) is 14.8 Å². The molecule has 2 heterocycles. The topological polar surface area (TPSA) is 66.0 Å². The molecule has 1 fully saturated rings. The van der Waals surface area contributed by atoms with Crippen LogP contribution in [0.15, 0.2) is 24.4 Å². The molecule has 21 heavy (non-hydrogen) atoms. The SMILES string of the molecule is NCc1ccc(Oc2cc(C(F)(F)F)nn2C2CC2)nc1. The van der Waals surface area contributed by atoms with Crippen molar-refractivity contribution in [3.8, 4) is 11.8 Å². The van der Waals surface area contributed by atoms with E-state index in [4.69, 9.17) is 10.5 Å². The summed E-state index contributed by atoms with van der Waals surface area (Å²) >= 11 is 0. The van der Waals surface area contributed by atoms with E-state index in [9.17, 15) is 13.2 Å². The number of alkyl halides is 3. The molecule has 0 saturated heterocycles. The second kappa shape index (κ2) is 5.03. The van der Waals surface area contributed by atoms with Gasteiger partial charge in [-0.2, -0.15) is 18.3 Å². The molecule has 0 amide bonds. The van der Waals surface area contributed by atoms with Crippen molar-refractivity contribution in [3.05, 3.63) is 35.7 Å². The van der Waals surface area contributed by atoms with Crippen molar-refractivity contribution >= 4 is 0 Å². The maximum absolute atomic E-state index is 12.7. The van der Waals surface area contributed by atoms with Gasteiger partial charge in [-0.3, -0.25) is 0 Å². The summed E-state index contributed by atoms with van der Waals surface area (Å²) in [6.07, 6.45) is -1.36. The van der Waals surface area contributed by atoms with Gasteiger partial charge in [0, 0.05) is 24.9 Å². The van der Waals surface area contributed by atoms with Gasteiger partial charge in [0.05, 0.1) is 6.04 Å². The number of nitrogens with zero attached hydrogens (tertiary/aromatic N) is 3. The Bertz CT molecular complexity index is 632. The highest BCUT2D eigenvalue weighted by Crippen LogP contribution is 2.41. The summed E-state index contributed by atoms with van der Waals surface area (Å²) < 4.78 is 44.9. The molecule has 1 aliphatic carbocycles. The zero-order valence-electron chi connectivity index (χ0n) is 11.0. The Kier molecular flexibility index (Phi) is 3.32. The van der Waals surface area contributed by atoms with Crippen LogP contribution in [-0.2, 0) is 12.7 Å². The number of ether oxygens (including phenoxy) is 1. The predicted octanol–water partition coefficient (Wildman–Crippen LogP) is 2.88. The van der Waals surface area contributed by atoms with E-state index < -0.39 is 11.9 Å². The van der Waals surface area contributed by atoms with Crippen molar-refractivity contribution in [1.82, 2.24) is 14.8 Å². The Morgan fingerprint density at radius 1 is 1.33 bits per heavy atom. The Labute approximate surface area is 118 Å². The number of rotatable bonds is 4. The van der Waals surface area contributed by atoms with Crippen molar-refractivity contribution in [3.63, 3.8) is 0 Å². The fraction of sp³-hybridized carbons (Fsp3) is 0.385. The van der Waals surface area contributed by atoms with Gasteiger partial charge < -0.3 is 10.5 Å². The van der Waals surface area contributed by atoms with Gasteiger partial charge in [-0.25, -0.2) is 9.67 Å². The fourth-order valence-electron chi connectivity index (χ4n) is 1.87. The molecule has 3 rings (SSSR count). The second-order valence-corrected chi connectivity index (χ2v) is 4.85. The monoisotopic (exact) mass is 298 g/mol. The lowest BCUT2D eigenvalue weighted by molar-refractivity contribution is -0.141. The van der Waals surface area contributed by atoms with Gasteiger partial charge in [-0.15, -0.1) is 0 Å². The number of halogens is 3. The van der Waals surface area contributed by atoms with Crippen LogP contribution in [0.4, 0.5) is 13.2 Å². The summed E-state index contributed by atoms with van der Waals surface area (Å²) in [7, 11) is 0. The summed E-state index contributed by atoms with van der Waals surface area (Å²) in [5, 5.41) is 3.59. The van der Waals surface area contributed by atoms with E-state index in [0.717, 1.165) is 24.5 Å². The zero-order valence-corrected chi connectivity index (χ0v) is 11.0. The van der Waals surface area contributed by atoms with Crippen molar-refractivity contribution in [2.75, 3.05) is 0 Å². The van der Waals surface area contributed by atoms with E-state index >= 15 is 0 Å². The Morgan fingerprint density at radius 3 is 2.62 bits per heavy atom. The average molecular weight is 298 g/mol. The van der Waals surface area contributed by atoms with Gasteiger partial charge in [-0.1, -0.05) is 6.07 Å². The van der Waals surface area contributed by atoms with Crippen LogP contribution in [0.5, 0.6) is 11.8 Å². The summed E-state index contributed by atoms with van der Waals surface area (Å²) in [6, 6.07) is 4.15. The predicted molar refractivity (Wildman–Crippen MR) is 67.7 cm³/mol. The minimum Gasteiger partial charge on any atom is -0.421 e. The Balaban J connectivity index is 1.87. The smallest absolute Gasteiger partial charge is 0.421 e. The van der Waals surface area contributed by atoms with Crippen LogP contribution in [0, 0.1) is 0 Å². The van der Waals surface area contributed by atoms with Crippen LogP contribution >= 0.6 is 0 Å². The first-order valence-corrected chi connectivity index (χ1v) is 6.47. The highest BCUT2D eigenvalue weighted by atomic mass is 19.4. The van der Waals surface area contributed by atoms with Gasteiger partial charge in [0.1, 0.15) is 0 Å². The standard InChI is InChI=1S/C13H13F3N4O/c14-13(15,16)10-5-12(20(19-10)9-2-3-9)21-11-4-1-8(6-17)7-18-11/h1,4-5,7,9H,2-3,6,17H2. The number of hydrogen-bond acceptors (Lipinski definition) is 4. The molecule has 5 nitrogen and oxygen atoms in total. The molecule has 0 spiro atoms. The van der Waals surface area contributed by atoms with Crippen LogP contribution < -0.4 is 10.5 Å². The summed E-state index contributed by atoms with van der Waals surface area (Å²) in [4.78, 5) is 4.01. The molecule has 1 saturated carbocycles. The van der Waals surface area contributed by atoms with Gasteiger partial charge in [0.15, 0.2) is 5.69 Å². The van der Waals surface area contributed by atoms with Gasteiger partial charge in [0.2, 0.25) is 11.8 Å². The largest absolute Gasteiger partial charge is 0.435 e. The van der Waals surface area contributed by atoms with E-state index in [1.807, 2.05) is 0 Å². The van der Waals surface area contributed by atoms with E-state index in [-0.39, 0.29) is 17.8 Å². The van der Waals surface area contributed by atoms with Crippen LogP contribution in [0.25, 0.3) is 0 Å². The average Bonchev–Trinajstić information content (AvgIpc) is 3.20. The second-order valence-electron chi connectivity index (χ2n) is 4.85. The number of aromatic nitrogens is 3. The minimum absolute atomic E-state index is 0.0283. The minimum atomic E-state index is -4.49. The normalized spacial score (nSPS) is 15.2. The summed E-state index contributed by atoms with van der Waals surface area (Å²) in [5.74, 6) is 0.264. The van der Waals surface area contributed by atoms with Crippen LogP contribution in [0.3, 0.4) is 0 Å². The molecular weight excluding hydrogens is 285 g/mol. The molecule has 2 aromatic rings. The first-order valence-electron chi connectivity index (χ1n) is 6.47. The Hall–Kier alpha value is -2.09. The van der Waals surface area contributed by atoms with E-state index in [1.54, 1.807) is 12.1 Å². The quantitative estimate of drug-likeness (QED) is 0.942. The van der Waals surface area contributed by atoms with Gasteiger partial charge in [0.25, 0.3) is 0 Å². The van der Waals surface area contributed by atoms with Crippen LogP contribution in [0.1, 0.15) is 30.1 Å². The molecule has 112 valence electrons. The van der Waals surface area contributed by atoms with Gasteiger partial charge >= 0.3 is 6.18 Å². The molecule has 0 aromatic carbocycles. The number of hydrogen-bond donors (Lipinski definition) is 1. The lowest BCUT2D eigenvalue weighted by atomic mass is 10.3. The summed E-state index contributed by atoms with van der Waals surface area (Å²) in [6.45, 7) is 0.339. The van der Waals surface area contributed by atoms with E-state index in [0.29, 0.717) is 6.54 Å². The number of nitrogens with two attached hydrogens (primary N) is 1. The lowest BCUT2D eigenvalue weighted by Gasteiger charge is -2.07. The fourth-order valence-corrected chi connectivity index (χ4v) is 1.87. The van der Waals surface area contributed by atoms with Gasteiger partial charge in [-0.05, 0) is 18.4 Å². The molecule has 0 radical (unpaired) electrons. The highest BCUT2D eigenvalue weighted by molar-refractivity contribution is 5.26. The number of pyridine rings is 1. The third-order valence-corrected chi connectivity index (χ3v) is 3.13. The third kappa shape index (κ3) is 2.99. The van der Waals surface area contributed by atoms with E-state index in [1.165, 1.54) is 10.9 Å². The molecule has 2 N–H and O–H groups in total. The molecule has 1 aliphatic rings. The molecular formula is C13H13F3N4O. The Morgan fingerprint density at radius 2 is 2.10 bits per heavy atom. The third-order valence-electron chi connectivity index (χ3n) is 3.13.